The van der Waals surface area contributed by atoms with Gasteiger partial charge in [0.2, 0.25) is 0 Å². The second kappa shape index (κ2) is 7.27. The Kier molecular flexibility index (Phi) is 5.65. The lowest BCUT2D eigenvalue weighted by molar-refractivity contribution is 0.0146. The maximum Gasteiger partial charge on any atom is 0.161 e. The van der Waals surface area contributed by atoms with Gasteiger partial charge >= 0.3 is 0 Å². The first-order valence-corrected chi connectivity index (χ1v) is 7.99. The fraction of sp³-hybridized carbons (Fsp3) is 0.812. The van der Waals surface area contributed by atoms with E-state index in [1.165, 1.54) is 32.1 Å². The molecular weight excluding hydrogens is 266 g/mol. The number of rotatable bonds is 6. The number of ether oxygens (including phenoxy) is 2. The standard InChI is InChI=1S/C16H29N3O2/c1-11(2)19-15(13(20-3)10-18-19)14(17)16(21-4)12-8-6-5-7-9-12/h10-12,14,16H,5-9,17H2,1-4H3. The van der Waals surface area contributed by atoms with E-state index in [0.29, 0.717) is 5.92 Å². The summed E-state index contributed by atoms with van der Waals surface area (Å²) in [6, 6.07) is 0.0387. The molecule has 0 spiro atoms. The maximum atomic E-state index is 6.57. The normalized spacial score (nSPS) is 19.7. The van der Waals surface area contributed by atoms with E-state index in [0.717, 1.165) is 11.4 Å². The molecule has 1 saturated carbocycles. The molecule has 0 aliphatic heterocycles. The number of hydrogen-bond donors (Lipinski definition) is 1. The summed E-state index contributed by atoms with van der Waals surface area (Å²) in [6.07, 6.45) is 8.05. The van der Waals surface area contributed by atoms with Gasteiger partial charge in [-0.1, -0.05) is 19.3 Å². The van der Waals surface area contributed by atoms with E-state index in [-0.39, 0.29) is 18.2 Å². The molecule has 0 radical (unpaired) electrons. The van der Waals surface area contributed by atoms with E-state index in [4.69, 9.17) is 15.2 Å². The Morgan fingerprint density at radius 1 is 1.24 bits per heavy atom. The Labute approximate surface area is 127 Å². The van der Waals surface area contributed by atoms with Crippen molar-refractivity contribution in [2.24, 2.45) is 11.7 Å². The van der Waals surface area contributed by atoms with E-state index < -0.39 is 0 Å². The van der Waals surface area contributed by atoms with Crippen LogP contribution < -0.4 is 10.5 Å². The smallest absolute Gasteiger partial charge is 0.161 e. The quantitative estimate of drug-likeness (QED) is 0.876. The molecule has 0 aromatic carbocycles. The zero-order valence-corrected chi connectivity index (χ0v) is 13.7. The molecule has 1 aliphatic carbocycles. The Morgan fingerprint density at radius 3 is 2.43 bits per heavy atom. The van der Waals surface area contributed by atoms with E-state index in [1.54, 1.807) is 20.4 Å². The summed E-state index contributed by atoms with van der Waals surface area (Å²) in [4.78, 5) is 0. The van der Waals surface area contributed by atoms with Gasteiger partial charge in [-0.05, 0) is 32.6 Å². The molecule has 2 atom stereocenters. The lowest BCUT2D eigenvalue weighted by Gasteiger charge is -2.33. The monoisotopic (exact) mass is 295 g/mol. The zero-order valence-electron chi connectivity index (χ0n) is 13.7. The summed E-state index contributed by atoms with van der Waals surface area (Å²) in [7, 11) is 3.43. The molecule has 0 saturated heterocycles. The first kappa shape index (κ1) is 16.3. The van der Waals surface area contributed by atoms with Crippen molar-refractivity contribution in [1.82, 2.24) is 9.78 Å². The average molecular weight is 295 g/mol. The highest BCUT2D eigenvalue weighted by molar-refractivity contribution is 5.29. The van der Waals surface area contributed by atoms with Gasteiger partial charge in [-0.15, -0.1) is 0 Å². The third-order valence-electron chi connectivity index (χ3n) is 4.56. The van der Waals surface area contributed by atoms with Crippen molar-refractivity contribution in [1.29, 1.82) is 0 Å². The van der Waals surface area contributed by atoms with Gasteiger partial charge in [-0.3, -0.25) is 4.68 Å². The lowest BCUT2D eigenvalue weighted by Crippen LogP contribution is -2.37. The fourth-order valence-electron chi connectivity index (χ4n) is 3.49. The van der Waals surface area contributed by atoms with Gasteiger partial charge in [-0.2, -0.15) is 5.10 Å². The average Bonchev–Trinajstić information content (AvgIpc) is 2.93. The summed E-state index contributed by atoms with van der Waals surface area (Å²) >= 11 is 0. The van der Waals surface area contributed by atoms with Crippen molar-refractivity contribution in [2.75, 3.05) is 14.2 Å². The second-order valence-corrected chi connectivity index (χ2v) is 6.26. The van der Waals surface area contributed by atoms with Crippen molar-refractivity contribution in [3.63, 3.8) is 0 Å². The molecule has 5 nitrogen and oxygen atoms in total. The van der Waals surface area contributed by atoms with Crippen LogP contribution in [0.4, 0.5) is 0 Å². The van der Waals surface area contributed by atoms with Crippen molar-refractivity contribution >= 4 is 0 Å². The molecule has 1 aliphatic rings. The molecule has 120 valence electrons. The molecule has 0 amide bonds. The Balaban J connectivity index is 2.27. The zero-order chi connectivity index (χ0) is 15.4. The molecule has 5 heteroatoms. The Bertz CT molecular complexity index is 439. The van der Waals surface area contributed by atoms with E-state index in [9.17, 15) is 0 Å². The number of nitrogens with zero attached hydrogens (tertiary/aromatic N) is 2. The minimum atomic E-state index is -0.210. The topological polar surface area (TPSA) is 62.3 Å². The maximum absolute atomic E-state index is 6.57. The summed E-state index contributed by atoms with van der Waals surface area (Å²) in [6.45, 7) is 4.20. The van der Waals surface area contributed by atoms with Crippen LogP contribution in [0.5, 0.6) is 5.75 Å². The second-order valence-electron chi connectivity index (χ2n) is 6.26. The van der Waals surface area contributed by atoms with Gasteiger partial charge in [0.1, 0.15) is 5.69 Å². The fourth-order valence-corrected chi connectivity index (χ4v) is 3.49. The summed E-state index contributed by atoms with van der Waals surface area (Å²) in [5.41, 5.74) is 7.52. The largest absolute Gasteiger partial charge is 0.493 e. The van der Waals surface area contributed by atoms with Crippen LogP contribution in [-0.4, -0.2) is 30.1 Å². The highest BCUT2D eigenvalue weighted by Crippen LogP contribution is 2.36. The van der Waals surface area contributed by atoms with Crippen molar-refractivity contribution in [3.05, 3.63) is 11.9 Å². The highest BCUT2D eigenvalue weighted by Gasteiger charge is 2.33. The molecule has 1 aromatic rings. The van der Waals surface area contributed by atoms with Gasteiger partial charge in [0.05, 0.1) is 25.5 Å². The molecule has 0 bridgehead atoms. The van der Waals surface area contributed by atoms with Gasteiger partial charge in [0.25, 0.3) is 0 Å². The van der Waals surface area contributed by atoms with Crippen LogP contribution in [-0.2, 0) is 4.74 Å². The minimum absolute atomic E-state index is 0.0217. The van der Waals surface area contributed by atoms with Crippen LogP contribution in [0.2, 0.25) is 0 Å². The SMILES string of the molecule is COc1cnn(C(C)C)c1C(N)C(OC)C1CCCCC1. The minimum Gasteiger partial charge on any atom is -0.493 e. The van der Waals surface area contributed by atoms with Crippen LogP contribution in [0.1, 0.15) is 63.7 Å². The number of hydrogen-bond acceptors (Lipinski definition) is 4. The van der Waals surface area contributed by atoms with Crippen molar-refractivity contribution in [2.45, 2.75) is 64.1 Å². The van der Waals surface area contributed by atoms with Crippen LogP contribution in [0.25, 0.3) is 0 Å². The Morgan fingerprint density at radius 2 is 1.90 bits per heavy atom. The summed E-state index contributed by atoms with van der Waals surface area (Å²) in [5, 5.41) is 4.43. The molecule has 2 unspecified atom stereocenters. The Hall–Kier alpha value is -1.07. The van der Waals surface area contributed by atoms with Crippen LogP contribution >= 0.6 is 0 Å². The van der Waals surface area contributed by atoms with Crippen molar-refractivity contribution in [3.8, 4) is 5.75 Å². The van der Waals surface area contributed by atoms with E-state index >= 15 is 0 Å². The van der Waals surface area contributed by atoms with Crippen LogP contribution in [0.3, 0.4) is 0 Å². The number of methoxy groups -OCH3 is 2. The van der Waals surface area contributed by atoms with Gasteiger partial charge in [-0.25, -0.2) is 0 Å². The number of aromatic nitrogens is 2. The summed E-state index contributed by atoms with van der Waals surface area (Å²) < 4.78 is 13.2. The van der Waals surface area contributed by atoms with Gasteiger partial charge in [0, 0.05) is 13.2 Å². The molecule has 2 N–H and O–H groups in total. The molecular formula is C16H29N3O2. The molecule has 2 rings (SSSR count). The molecule has 1 fully saturated rings. The van der Waals surface area contributed by atoms with E-state index in [1.807, 2.05) is 4.68 Å². The predicted octanol–water partition coefficient (Wildman–Crippen LogP) is 3.07. The molecule has 21 heavy (non-hydrogen) atoms. The van der Waals surface area contributed by atoms with Gasteiger partial charge < -0.3 is 15.2 Å². The first-order chi connectivity index (χ1) is 10.1. The third kappa shape index (κ3) is 3.40. The number of nitrogens with two attached hydrogens (primary N) is 1. The third-order valence-corrected chi connectivity index (χ3v) is 4.56. The summed E-state index contributed by atoms with van der Waals surface area (Å²) in [5.74, 6) is 1.29. The first-order valence-electron chi connectivity index (χ1n) is 7.99. The highest BCUT2D eigenvalue weighted by atomic mass is 16.5. The van der Waals surface area contributed by atoms with Crippen molar-refractivity contribution < 1.29 is 9.47 Å². The van der Waals surface area contributed by atoms with Gasteiger partial charge in [0.15, 0.2) is 5.75 Å². The van der Waals surface area contributed by atoms with E-state index in [2.05, 4.69) is 18.9 Å². The van der Waals surface area contributed by atoms with Crippen LogP contribution in [0.15, 0.2) is 6.20 Å². The molecule has 1 heterocycles. The predicted molar refractivity (Wildman–Crippen MR) is 83.5 cm³/mol. The molecule has 1 aromatic heterocycles. The van der Waals surface area contributed by atoms with Crippen LogP contribution in [0, 0.1) is 5.92 Å². The lowest BCUT2D eigenvalue weighted by atomic mass is 9.82.